The maximum atomic E-state index is 5.31. The third-order valence-electron chi connectivity index (χ3n) is 1.57. The van der Waals surface area contributed by atoms with Crippen molar-refractivity contribution in [1.29, 1.82) is 0 Å². The molecule has 4 heteroatoms. The van der Waals surface area contributed by atoms with Crippen molar-refractivity contribution in [2.24, 2.45) is 0 Å². The highest BCUT2D eigenvalue weighted by atomic mass is 32.2. The van der Waals surface area contributed by atoms with Crippen LogP contribution in [0.2, 0.25) is 0 Å². The molecule has 0 fully saturated rings. The van der Waals surface area contributed by atoms with Crippen molar-refractivity contribution in [2.45, 2.75) is 20.4 Å². The van der Waals surface area contributed by atoms with Gasteiger partial charge in [-0.1, -0.05) is 6.92 Å². The lowest BCUT2D eigenvalue weighted by Gasteiger charge is -1.99. The fourth-order valence-electron chi connectivity index (χ4n) is 0.967. The molecule has 0 amide bonds. The third-order valence-corrected chi connectivity index (χ3v) is 2.47. The van der Waals surface area contributed by atoms with Crippen LogP contribution in [0.5, 0.6) is 0 Å². The fourth-order valence-corrected chi connectivity index (χ4v) is 1.54. The molecular formula is C9H16N2OS. The van der Waals surface area contributed by atoms with Crippen molar-refractivity contribution < 1.29 is 4.42 Å². The van der Waals surface area contributed by atoms with E-state index in [1.807, 2.05) is 18.7 Å². The van der Waals surface area contributed by atoms with Crippen molar-refractivity contribution in [2.75, 3.05) is 18.1 Å². The molecule has 1 N–H and O–H groups in total. The summed E-state index contributed by atoms with van der Waals surface area (Å²) >= 11 is 1.93. The molecule has 0 aromatic carbocycles. The van der Waals surface area contributed by atoms with Crippen molar-refractivity contribution in [3.8, 4) is 0 Å². The molecule has 3 nitrogen and oxygen atoms in total. The first-order valence-corrected chi connectivity index (χ1v) is 5.68. The van der Waals surface area contributed by atoms with E-state index in [4.69, 9.17) is 4.42 Å². The molecule has 0 radical (unpaired) electrons. The Kier molecular flexibility index (Phi) is 4.93. The van der Waals surface area contributed by atoms with Crippen LogP contribution in [0.4, 0.5) is 0 Å². The predicted octanol–water partition coefficient (Wildman–Crippen LogP) is 1.83. The third kappa shape index (κ3) is 4.33. The zero-order valence-corrected chi connectivity index (χ0v) is 8.99. The Balaban J connectivity index is 2.06. The molecule has 0 bridgehead atoms. The summed E-state index contributed by atoms with van der Waals surface area (Å²) in [5.74, 6) is 3.98. The largest absolute Gasteiger partial charge is 0.445 e. The molecule has 0 saturated carbocycles. The van der Waals surface area contributed by atoms with Crippen LogP contribution in [-0.2, 0) is 6.54 Å². The van der Waals surface area contributed by atoms with E-state index in [1.165, 1.54) is 5.75 Å². The number of hydrogen-bond acceptors (Lipinski definition) is 4. The van der Waals surface area contributed by atoms with Gasteiger partial charge in [-0.15, -0.1) is 0 Å². The average molecular weight is 200 g/mol. The molecule has 0 spiro atoms. The second kappa shape index (κ2) is 6.05. The van der Waals surface area contributed by atoms with Gasteiger partial charge in [0.2, 0.25) is 5.89 Å². The number of aromatic nitrogens is 1. The highest BCUT2D eigenvalue weighted by molar-refractivity contribution is 7.99. The van der Waals surface area contributed by atoms with Crippen molar-refractivity contribution in [1.82, 2.24) is 10.3 Å². The zero-order chi connectivity index (χ0) is 9.52. The number of aryl methyl sites for hydroxylation is 1. The summed E-state index contributed by atoms with van der Waals surface area (Å²) < 4.78 is 5.31. The van der Waals surface area contributed by atoms with E-state index in [1.54, 1.807) is 6.20 Å². The second-order valence-electron chi connectivity index (χ2n) is 2.74. The van der Waals surface area contributed by atoms with Gasteiger partial charge in [-0.05, 0) is 12.7 Å². The highest BCUT2D eigenvalue weighted by Gasteiger charge is 1.98. The number of rotatable bonds is 6. The van der Waals surface area contributed by atoms with Gasteiger partial charge < -0.3 is 9.73 Å². The minimum atomic E-state index is 0.734. The Morgan fingerprint density at radius 1 is 1.62 bits per heavy atom. The minimum Gasteiger partial charge on any atom is -0.445 e. The molecule has 0 unspecified atom stereocenters. The molecule has 0 saturated heterocycles. The van der Waals surface area contributed by atoms with Crippen LogP contribution in [0.25, 0.3) is 0 Å². The standard InChI is InChI=1S/C9H16N2OS/c1-3-13-5-4-10-7-9-11-6-8(2)12-9/h6,10H,3-5,7H2,1-2H3. The number of oxazole rings is 1. The fraction of sp³-hybridized carbons (Fsp3) is 0.667. The molecule has 1 heterocycles. The molecule has 0 aliphatic rings. The van der Waals surface area contributed by atoms with Crippen LogP contribution < -0.4 is 5.32 Å². The van der Waals surface area contributed by atoms with Crippen LogP contribution in [-0.4, -0.2) is 23.0 Å². The molecule has 1 aromatic heterocycles. The first-order chi connectivity index (χ1) is 6.33. The SMILES string of the molecule is CCSCCNCc1ncc(C)o1. The number of hydrogen-bond donors (Lipinski definition) is 1. The van der Waals surface area contributed by atoms with Crippen molar-refractivity contribution >= 4 is 11.8 Å². The summed E-state index contributed by atoms with van der Waals surface area (Å²) in [5, 5.41) is 3.27. The minimum absolute atomic E-state index is 0.734. The molecule has 0 atom stereocenters. The quantitative estimate of drug-likeness (QED) is 0.711. The molecule has 1 aromatic rings. The molecule has 74 valence electrons. The summed E-state index contributed by atoms with van der Waals surface area (Å²) in [7, 11) is 0. The smallest absolute Gasteiger partial charge is 0.208 e. The Hall–Kier alpha value is -0.480. The lowest BCUT2D eigenvalue weighted by molar-refractivity contribution is 0.453. The summed E-state index contributed by atoms with van der Waals surface area (Å²) in [6.45, 7) is 5.82. The van der Waals surface area contributed by atoms with E-state index in [0.29, 0.717) is 0 Å². The summed E-state index contributed by atoms with van der Waals surface area (Å²) in [4.78, 5) is 4.10. The highest BCUT2D eigenvalue weighted by Crippen LogP contribution is 2.01. The van der Waals surface area contributed by atoms with Gasteiger partial charge in [-0.25, -0.2) is 4.98 Å². The van der Waals surface area contributed by atoms with Gasteiger partial charge >= 0.3 is 0 Å². The van der Waals surface area contributed by atoms with E-state index < -0.39 is 0 Å². The van der Waals surface area contributed by atoms with Crippen LogP contribution in [0.15, 0.2) is 10.6 Å². The number of thioether (sulfide) groups is 1. The second-order valence-corrected chi connectivity index (χ2v) is 4.13. The Morgan fingerprint density at radius 3 is 3.08 bits per heavy atom. The summed E-state index contributed by atoms with van der Waals surface area (Å²) in [6.07, 6.45) is 1.75. The van der Waals surface area contributed by atoms with Gasteiger partial charge in [0.05, 0.1) is 12.7 Å². The topological polar surface area (TPSA) is 38.1 Å². The Morgan fingerprint density at radius 2 is 2.46 bits per heavy atom. The van der Waals surface area contributed by atoms with Gasteiger partial charge in [0.1, 0.15) is 5.76 Å². The lowest BCUT2D eigenvalue weighted by Crippen LogP contribution is -2.16. The lowest BCUT2D eigenvalue weighted by atomic mass is 10.6. The zero-order valence-electron chi connectivity index (χ0n) is 8.17. The molecule has 0 aliphatic heterocycles. The normalized spacial score (nSPS) is 10.6. The van der Waals surface area contributed by atoms with Crippen LogP contribution in [0, 0.1) is 6.92 Å². The molecule has 0 aliphatic carbocycles. The van der Waals surface area contributed by atoms with E-state index in [2.05, 4.69) is 17.2 Å². The van der Waals surface area contributed by atoms with E-state index in [-0.39, 0.29) is 0 Å². The van der Waals surface area contributed by atoms with Crippen molar-refractivity contribution in [3.05, 3.63) is 17.8 Å². The van der Waals surface area contributed by atoms with E-state index in [0.717, 1.165) is 30.5 Å². The van der Waals surface area contributed by atoms with E-state index in [9.17, 15) is 0 Å². The first kappa shape index (κ1) is 10.6. The number of nitrogens with zero attached hydrogens (tertiary/aromatic N) is 1. The Labute approximate surface area is 83.3 Å². The van der Waals surface area contributed by atoms with Gasteiger partial charge in [0.15, 0.2) is 0 Å². The summed E-state index contributed by atoms with van der Waals surface area (Å²) in [5.41, 5.74) is 0. The average Bonchev–Trinajstić information content (AvgIpc) is 2.51. The number of nitrogens with one attached hydrogen (secondary N) is 1. The van der Waals surface area contributed by atoms with Gasteiger partial charge in [0.25, 0.3) is 0 Å². The van der Waals surface area contributed by atoms with Crippen LogP contribution >= 0.6 is 11.8 Å². The van der Waals surface area contributed by atoms with Crippen LogP contribution in [0.3, 0.4) is 0 Å². The summed E-state index contributed by atoms with van der Waals surface area (Å²) in [6, 6.07) is 0. The van der Waals surface area contributed by atoms with Crippen molar-refractivity contribution in [3.63, 3.8) is 0 Å². The predicted molar refractivity (Wildman–Crippen MR) is 55.9 cm³/mol. The maximum Gasteiger partial charge on any atom is 0.208 e. The van der Waals surface area contributed by atoms with Gasteiger partial charge in [-0.2, -0.15) is 11.8 Å². The first-order valence-electron chi connectivity index (χ1n) is 4.52. The molecular weight excluding hydrogens is 184 g/mol. The van der Waals surface area contributed by atoms with Crippen LogP contribution in [0.1, 0.15) is 18.6 Å². The van der Waals surface area contributed by atoms with Gasteiger partial charge in [-0.3, -0.25) is 0 Å². The monoisotopic (exact) mass is 200 g/mol. The van der Waals surface area contributed by atoms with E-state index >= 15 is 0 Å². The van der Waals surface area contributed by atoms with Gasteiger partial charge in [0, 0.05) is 12.3 Å². The molecule has 13 heavy (non-hydrogen) atoms. The molecule has 1 rings (SSSR count). The Bertz CT molecular complexity index is 237. The maximum absolute atomic E-state index is 5.31.